The summed E-state index contributed by atoms with van der Waals surface area (Å²) >= 11 is 1.44. The topological polar surface area (TPSA) is 175 Å². The van der Waals surface area contributed by atoms with Gasteiger partial charge in [0.2, 0.25) is 11.8 Å². The SMILES string of the molecule is Cc1c(OCCC2CCN(CC3CCN(c4cccc5c(C6CCC(=O)NC6=O)nn(C)c45)CC3)CC2)cccc1-c1ccc(N2CCc3cccc(C(=O)Nc4nc5ccccc5s4)c3C2)nc1C(=O)O. The highest BCUT2D eigenvalue weighted by atomic mass is 32.1. The number of rotatable bonds is 13. The van der Waals surface area contributed by atoms with Crippen LogP contribution in [0.2, 0.25) is 0 Å². The van der Waals surface area contributed by atoms with E-state index in [1.807, 2.05) is 102 Å². The van der Waals surface area contributed by atoms with Crippen LogP contribution in [0.5, 0.6) is 5.75 Å². The third kappa shape index (κ3) is 9.52. The Morgan fingerprint density at radius 1 is 0.819 bits per heavy atom. The number of carboxylic acid groups (broad SMARTS) is 1. The maximum atomic E-state index is 13.7. The largest absolute Gasteiger partial charge is 0.493 e. The summed E-state index contributed by atoms with van der Waals surface area (Å²) in [5.74, 6) is 0.286. The number of pyridine rings is 1. The lowest BCUT2D eigenvalue weighted by Crippen LogP contribution is -2.41. The lowest BCUT2D eigenvalue weighted by molar-refractivity contribution is -0.134. The van der Waals surface area contributed by atoms with E-state index in [0.29, 0.717) is 72.9 Å². The molecule has 16 heteroatoms. The normalized spacial score (nSPS) is 18.1. The number of imide groups is 1. The van der Waals surface area contributed by atoms with Crippen LogP contribution < -0.4 is 25.2 Å². The fraction of sp³-hybridized carbons (Fsp3) is 0.375. The van der Waals surface area contributed by atoms with Gasteiger partial charge in [0.15, 0.2) is 10.8 Å². The number of anilines is 3. The molecule has 0 saturated carbocycles. The number of amides is 3. The number of likely N-dealkylation sites (tertiary alicyclic amines) is 1. The Balaban J connectivity index is 0.670. The number of carbonyl (C=O) groups is 4. The van der Waals surface area contributed by atoms with E-state index in [2.05, 4.69) is 37.6 Å². The number of piperidine rings is 3. The number of hydrogen-bond acceptors (Lipinski definition) is 12. The zero-order valence-electron chi connectivity index (χ0n) is 40.7. The first-order valence-corrected chi connectivity index (χ1v) is 26.1. The van der Waals surface area contributed by atoms with E-state index in [-0.39, 0.29) is 23.4 Å². The van der Waals surface area contributed by atoms with Gasteiger partial charge in [-0.25, -0.2) is 14.8 Å². The van der Waals surface area contributed by atoms with Crippen molar-refractivity contribution in [1.82, 2.24) is 30.0 Å². The molecule has 3 N–H and O–H groups in total. The molecule has 3 amide bonds. The summed E-state index contributed by atoms with van der Waals surface area (Å²) in [6, 6.07) is 29.4. The molecule has 7 aromatic rings. The van der Waals surface area contributed by atoms with Crippen LogP contribution in [0, 0.1) is 18.8 Å². The van der Waals surface area contributed by atoms with Crippen LogP contribution in [-0.2, 0) is 29.6 Å². The Labute approximate surface area is 422 Å². The summed E-state index contributed by atoms with van der Waals surface area (Å²) in [7, 11) is 1.95. The number of nitrogens with one attached hydrogen (secondary N) is 2. The fourth-order valence-corrected chi connectivity index (χ4v) is 12.3. The number of aromatic nitrogens is 4. The number of hydrogen-bond donors (Lipinski definition) is 3. The van der Waals surface area contributed by atoms with Gasteiger partial charge in [-0.2, -0.15) is 5.10 Å². The van der Waals surface area contributed by atoms with E-state index in [0.717, 1.165) is 125 Å². The van der Waals surface area contributed by atoms with Crippen LogP contribution >= 0.6 is 11.3 Å². The minimum absolute atomic E-state index is 0.0258. The molecule has 3 aromatic heterocycles. The Morgan fingerprint density at radius 3 is 2.42 bits per heavy atom. The zero-order valence-corrected chi connectivity index (χ0v) is 41.5. The number of benzene rings is 4. The third-order valence-electron chi connectivity index (χ3n) is 15.4. The van der Waals surface area contributed by atoms with Gasteiger partial charge in [-0.3, -0.25) is 29.7 Å². The zero-order chi connectivity index (χ0) is 49.5. The van der Waals surface area contributed by atoms with Gasteiger partial charge in [-0.05, 0) is 142 Å². The van der Waals surface area contributed by atoms with Crippen LogP contribution in [0.3, 0.4) is 0 Å². The van der Waals surface area contributed by atoms with Gasteiger partial charge >= 0.3 is 5.97 Å². The number of nitrogens with zero attached hydrogens (tertiary/aromatic N) is 7. The molecule has 1 unspecified atom stereocenters. The van der Waals surface area contributed by atoms with E-state index in [1.165, 1.54) is 11.3 Å². The van der Waals surface area contributed by atoms with Crippen molar-refractivity contribution in [3.8, 4) is 16.9 Å². The molecule has 0 radical (unpaired) electrons. The van der Waals surface area contributed by atoms with Crippen molar-refractivity contribution in [2.75, 3.05) is 61.0 Å². The number of thiazole rings is 1. The van der Waals surface area contributed by atoms with Crippen molar-refractivity contribution in [3.63, 3.8) is 0 Å². The molecule has 4 aliphatic heterocycles. The van der Waals surface area contributed by atoms with E-state index in [4.69, 9.17) is 14.8 Å². The molecule has 4 aromatic carbocycles. The standard InChI is InChI=1S/C56H59N9O6S/c1-34-38(39-16-18-48(58-51(39)55(69)70)65-30-24-37-8-5-10-40(43(37)33-65)53(67)60-56-57-44-12-3-4-15-47(44)72-56)9-7-14-46(34)71-31-25-35-20-26-63(27-21-35)32-36-22-28-64(29-23-36)45-13-6-11-41-50(61-62(2)52(41)45)42-17-19-49(66)59-54(42)68/h3-16,18,35-36,42H,17,19-33H2,1-2H3,(H,69,70)(H,57,60,67)(H,59,66,68). The summed E-state index contributed by atoms with van der Waals surface area (Å²) in [6.45, 7) is 8.85. The van der Waals surface area contributed by atoms with Crippen LogP contribution in [0.4, 0.5) is 16.6 Å². The minimum Gasteiger partial charge on any atom is -0.493 e. The lowest BCUT2D eigenvalue weighted by atomic mass is 9.91. The Morgan fingerprint density at radius 2 is 1.61 bits per heavy atom. The highest BCUT2D eigenvalue weighted by molar-refractivity contribution is 7.22. The number of fused-ring (bicyclic) bond motifs is 3. The van der Waals surface area contributed by atoms with E-state index < -0.39 is 11.9 Å². The molecule has 11 rings (SSSR count). The van der Waals surface area contributed by atoms with Gasteiger partial charge in [-0.15, -0.1) is 0 Å². The monoisotopic (exact) mass is 985 g/mol. The quantitative estimate of drug-likeness (QED) is 0.0937. The maximum Gasteiger partial charge on any atom is 0.355 e. The van der Waals surface area contributed by atoms with Gasteiger partial charge in [0.1, 0.15) is 11.6 Å². The molecule has 4 aliphatic rings. The van der Waals surface area contributed by atoms with Crippen molar-refractivity contribution in [3.05, 3.63) is 125 Å². The van der Waals surface area contributed by atoms with Crippen LogP contribution in [0.1, 0.15) is 94.1 Å². The minimum atomic E-state index is -1.11. The first kappa shape index (κ1) is 47.2. The second kappa shape index (κ2) is 20.1. The van der Waals surface area contributed by atoms with Gasteiger partial charge in [-0.1, -0.05) is 59.9 Å². The molecule has 370 valence electrons. The van der Waals surface area contributed by atoms with Crippen molar-refractivity contribution in [1.29, 1.82) is 0 Å². The van der Waals surface area contributed by atoms with E-state index in [1.54, 1.807) is 0 Å². The number of aryl methyl sites for hydroxylation is 1. The smallest absolute Gasteiger partial charge is 0.355 e. The van der Waals surface area contributed by atoms with Crippen molar-refractivity contribution >= 4 is 72.8 Å². The van der Waals surface area contributed by atoms with Gasteiger partial charge in [0.25, 0.3) is 5.91 Å². The average molecular weight is 986 g/mol. The molecule has 0 aliphatic carbocycles. The Kier molecular flexibility index (Phi) is 13.2. The summed E-state index contributed by atoms with van der Waals surface area (Å²) in [4.78, 5) is 67.6. The number of carboxylic acids is 1. The second-order valence-electron chi connectivity index (χ2n) is 19.9. The van der Waals surface area contributed by atoms with Gasteiger partial charge in [0.05, 0.1) is 39.6 Å². The van der Waals surface area contributed by atoms with Gasteiger partial charge in [0, 0.05) is 62.7 Å². The summed E-state index contributed by atoms with van der Waals surface area (Å²) < 4.78 is 9.35. The molecule has 1 atom stereocenters. The summed E-state index contributed by atoms with van der Waals surface area (Å²) in [5.41, 5.74) is 8.49. The molecule has 15 nitrogen and oxygen atoms in total. The molecular weight excluding hydrogens is 927 g/mol. The van der Waals surface area contributed by atoms with Crippen LogP contribution in [0.25, 0.3) is 32.2 Å². The Bertz CT molecular complexity index is 3190. The highest BCUT2D eigenvalue weighted by Crippen LogP contribution is 2.38. The maximum absolute atomic E-state index is 13.7. The van der Waals surface area contributed by atoms with E-state index >= 15 is 0 Å². The van der Waals surface area contributed by atoms with Gasteiger partial charge < -0.3 is 24.5 Å². The fourth-order valence-electron chi connectivity index (χ4n) is 11.5. The molecule has 72 heavy (non-hydrogen) atoms. The first-order chi connectivity index (χ1) is 35.0. The first-order valence-electron chi connectivity index (χ1n) is 25.3. The summed E-state index contributed by atoms with van der Waals surface area (Å²) in [5, 5.41) is 22.4. The van der Waals surface area contributed by atoms with Crippen molar-refractivity contribution in [2.24, 2.45) is 18.9 Å². The van der Waals surface area contributed by atoms with Crippen molar-refractivity contribution in [2.45, 2.75) is 70.8 Å². The van der Waals surface area contributed by atoms with E-state index in [9.17, 15) is 24.3 Å². The third-order valence-corrected chi connectivity index (χ3v) is 16.4. The Hall–Kier alpha value is -7.17. The molecule has 0 spiro atoms. The lowest BCUT2D eigenvalue weighted by Gasteiger charge is -2.38. The van der Waals surface area contributed by atoms with Crippen LogP contribution in [-0.4, -0.2) is 99.3 Å². The van der Waals surface area contributed by atoms with Crippen LogP contribution in [0.15, 0.2) is 91.0 Å². The number of aromatic carboxylic acids is 1. The predicted molar refractivity (Wildman–Crippen MR) is 280 cm³/mol. The molecule has 3 fully saturated rings. The molecule has 3 saturated heterocycles. The number of carbonyl (C=O) groups excluding carboxylic acids is 3. The summed E-state index contributed by atoms with van der Waals surface area (Å²) in [6.07, 6.45) is 6.99. The predicted octanol–water partition coefficient (Wildman–Crippen LogP) is 8.98. The molecule has 7 heterocycles. The molecule has 0 bridgehead atoms. The second-order valence-corrected chi connectivity index (χ2v) is 20.9. The molecular formula is C56H59N9O6S. The van der Waals surface area contributed by atoms with Crippen molar-refractivity contribution < 1.29 is 29.0 Å². The number of para-hydroxylation sites is 2. The highest BCUT2D eigenvalue weighted by Gasteiger charge is 2.33. The number of ether oxygens (including phenoxy) is 1. The average Bonchev–Trinajstić information content (AvgIpc) is 3.96.